The van der Waals surface area contributed by atoms with Gasteiger partial charge in [0.25, 0.3) is 5.91 Å². The Hall–Kier alpha value is -2.67. The molecule has 1 fully saturated rings. The van der Waals surface area contributed by atoms with Gasteiger partial charge in [-0.15, -0.1) is 0 Å². The Labute approximate surface area is 153 Å². The first kappa shape index (κ1) is 18.1. The van der Waals surface area contributed by atoms with Crippen LogP contribution < -0.4 is 15.4 Å². The van der Waals surface area contributed by atoms with E-state index in [2.05, 4.69) is 20.6 Å². The van der Waals surface area contributed by atoms with Crippen LogP contribution in [0.15, 0.2) is 36.5 Å². The minimum atomic E-state index is -0.150. The molecule has 2 heterocycles. The van der Waals surface area contributed by atoms with Crippen molar-refractivity contribution >= 4 is 11.7 Å². The molecule has 1 amide bonds. The van der Waals surface area contributed by atoms with Crippen molar-refractivity contribution in [1.82, 2.24) is 15.3 Å². The number of nitrogens with one attached hydrogen (secondary N) is 2. The van der Waals surface area contributed by atoms with Gasteiger partial charge in [-0.1, -0.05) is 17.7 Å². The number of amides is 1. The average Bonchev–Trinajstić information content (AvgIpc) is 2.63. The highest BCUT2D eigenvalue weighted by Gasteiger charge is 2.27. The minimum absolute atomic E-state index is 0.0141. The first-order chi connectivity index (χ1) is 12.6. The third kappa shape index (κ3) is 5.16. The lowest BCUT2D eigenvalue weighted by Crippen LogP contribution is -2.53. The van der Waals surface area contributed by atoms with E-state index >= 15 is 0 Å². The van der Waals surface area contributed by atoms with Crippen LogP contribution in [0, 0.1) is 13.8 Å². The number of rotatable bonds is 6. The largest absolute Gasteiger partial charge is 0.484 e. The molecule has 0 radical (unpaired) electrons. The number of aryl methyl sites for hydroxylation is 2. The number of ether oxygens (including phenoxy) is 2. The lowest BCUT2D eigenvalue weighted by molar-refractivity contribution is -0.124. The molecule has 1 aromatic carbocycles. The number of nitrogens with zero attached hydrogens (tertiary/aromatic N) is 2. The quantitative estimate of drug-likeness (QED) is 0.822. The van der Waals surface area contributed by atoms with Crippen molar-refractivity contribution in [2.45, 2.75) is 32.4 Å². The summed E-state index contributed by atoms with van der Waals surface area (Å²) in [5, 5.41) is 6.36. The topological polar surface area (TPSA) is 85.4 Å². The molecule has 0 bridgehead atoms. The van der Waals surface area contributed by atoms with Gasteiger partial charge in [0.1, 0.15) is 17.4 Å². The molecule has 2 atom stereocenters. The number of carbonyl (C=O) groups is 1. The second-order valence-electron chi connectivity index (χ2n) is 6.38. The van der Waals surface area contributed by atoms with E-state index in [0.29, 0.717) is 24.8 Å². The summed E-state index contributed by atoms with van der Waals surface area (Å²) in [5.74, 6) is 1.95. The molecule has 0 spiro atoms. The Kier molecular flexibility index (Phi) is 6.01. The van der Waals surface area contributed by atoms with E-state index in [1.54, 1.807) is 12.3 Å². The molecule has 0 unspecified atom stereocenters. The Morgan fingerprint density at radius 3 is 2.81 bits per heavy atom. The standard InChI is InChI=1S/C19H24N4O3/c1-13-3-5-15(6-4-13)26-12-19(24)23-16-8-10-25-11-17(16)22-18-7-9-20-14(2)21-18/h3-7,9,16-17H,8,10-12H2,1-2H3,(H,23,24)(H,20,21,22)/t16-,17+/m0/s1. The van der Waals surface area contributed by atoms with Gasteiger partial charge in [-0.3, -0.25) is 4.79 Å². The maximum atomic E-state index is 12.3. The minimum Gasteiger partial charge on any atom is -0.484 e. The molecule has 0 saturated carbocycles. The van der Waals surface area contributed by atoms with Crippen LogP contribution in [-0.4, -0.2) is 47.8 Å². The zero-order valence-corrected chi connectivity index (χ0v) is 15.1. The van der Waals surface area contributed by atoms with Gasteiger partial charge in [0.2, 0.25) is 0 Å². The van der Waals surface area contributed by atoms with E-state index in [0.717, 1.165) is 17.8 Å². The van der Waals surface area contributed by atoms with E-state index in [-0.39, 0.29) is 24.6 Å². The van der Waals surface area contributed by atoms with Crippen molar-refractivity contribution in [2.75, 3.05) is 25.1 Å². The Balaban J connectivity index is 1.53. The smallest absolute Gasteiger partial charge is 0.258 e. The van der Waals surface area contributed by atoms with Crippen LogP contribution in [0.1, 0.15) is 17.8 Å². The van der Waals surface area contributed by atoms with Crippen LogP contribution in [0.5, 0.6) is 5.75 Å². The fourth-order valence-corrected chi connectivity index (χ4v) is 2.81. The van der Waals surface area contributed by atoms with Gasteiger partial charge in [-0.25, -0.2) is 9.97 Å². The van der Waals surface area contributed by atoms with Gasteiger partial charge < -0.3 is 20.1 Å². The molecule has 7 heteroatoms. The van der Waals surface area contributed by atoms with Crippen LogP contribution >= 0.6 is 0 Å². The molecule has 1 aromatic heterocycles. The predicted molar refractivity (Wildman–Crippen MR) is 98.2 cm³/mol. The van der Waals surface area contributed by atoms with Gasteiger partial charge in [-0.05, 0) is 38.5 Å². The van der Waals surface area contributed by atoms with Crippen LogP contribution in [-0.2, 0) is 9.53 Å². The fraction of sp³-hybridized carbons (Fsp3) is 0.421. The highest BCUT2D eigenvalue weighted by molar-refractivity contribution is 5.78. The molecule has 3 rings (SSSR count). The number of hydrogen-bond donors (Lipinski definition) is 2. The van der Waals surface area contributed by atoms with Crippen molar-refractivity contribution in [3.8, 4) is 5.75 Å². The number of aromatic nitrogens is 2. The summed E-state index contributed by atoms with van der Waals surface area (Å²) in [6.45, 7) is 4.95. The highest BCUT2D eigenvalue weighted by Crippen LogP contribution is 2.14. The van der Waals surface area contributed by atoms with Crippen molar-refractivity contribution < 1.29 is 14.3 Å². The van der Waals surface area contributed by atoms with Crippen molar-refractivity contribution in [3.05, 3.63) is 47.9 Å². The van der Waals surface area contributed by atoms with Crippen LogP contribution in [0.3, 0.4) is 0 Å². The summed E-state index contributed by atoms with van der Waals surface area (Å²) in [6, 6.07) is 9.33. The summed E-state index contributed by atoms with van der Waals surface area (Å²) in [5.41, 5.74) is 1.15. The molecule has 138 valence electrons. The van der Waals surface area contributed by atoms with Crippen LogP contribution in [0.2, 0.25) is 0 Å². The van der Waals surface area contributed by atoms with Crippen LogP contribution in [0.4, 0.5) is 5.82 Å². The zero-order chi connectivity index (χ0) is 18.4. The molecular weight excluding hydrogens is 332 g/mol. The Bertz CT molecular complexity index is 736. The monoisotopic (exact) mass is 356 g/mol. The summed E-state index contributed by atoms with van der Waals surface area (Å²) < 4.78 is 11.1. The molecule has 1 aliphatic heterocycles. The number of benzene rings is 1. The highest BCUT2D eigenvalue weighted by atomic mass is 16.5. The fourth-order valence-electron chi connectivity index (χ4n) is 2.81. The lowest BCUT2D eigenvalue weighted by Gasteiger charge is -2.33. The van der Waals surface area contributed by atoms with E-state index in [9.17, 15) is 4.79 Å². The molecule has 1 aliphatic rings. The van der Waals surface area contributed by atoms with Gasteiger partial charge in [0.05, 0.1) is 18.7 Å². The lowest BCUT2D eigenvalue weighted by atomic mass is 10.0. The molecule has 7 nitrogen and oxygen atoms in total. The summed E-state index contributed by atoms with van der Waals surface area (Å²) in [4.78, 5) is 20.7. The first-order valence-corrected chi connectivity index (χ1v) is 8.73. The normalized spacial score (nSPS) is 19.6. The third-order valence-electron chi connectivity index (χ3n) is 4.20. The van der Waals surface area contributed by atoms with Gasteiger partial charge in [-0.2, -0.15) is 0 Å². The van der Waals surface area contributed by atoms with E-state index in [1.807, 2.05) is 38.1 Å². The van der Waals surface area contributed by atoms with Crippen molar-refractivity contribution in [2.24, 2.45) is 0 Å². The molecular formula is C19H24N4O3. The van der Waals surface area contributed by atoms with Crippen molar-refractivity contribution in [1.29, 1.82) is 0 Å². The summed E-state index contributed by atoms with van der Waals surface area (Å²) >= 11 is 0. The molecule has 2 N–H and O–H groups in total. The van der Waals surface area contributed by atoms with E-state index in [4.69, 9.17) is 9.47 Å². The third-order valence-corrected chi connectivity index (χ3v) is 4.20. The summed E-state index contributed by atoms with van der Waals surface area (Å²) in [7, 11) is 0. The molecule has 0 aliphatic carbocycles. The first-order valence-electron chi connectivity index (χ1n) is 8.73. The predicted octanol–water partition coefficient (Wildman–Crippen LogP) is 1.86. The van der Waals surface area contributed by atoms with Crippen molar-refractivity contribution in [3.63, 3.8) is 0 Å². The molecule has 26 heavy (non-hydrogen) atoms. The number of hydrogen-bond acceptors (Lipinski definition) is 6. The summed E-state index contributed by atoms with van der Waals surface area (Å²) in [6.07, 6.45) is 2.44. The second-order valence-corrected chi connectivity index (χ2v) is 6.38. The zero-order valence-electron chi connectivity index (χ0n) is 15.1. The van der Waals surface area contributed by atoms with Gasteiger partial charge >= 0.3 is 0 Å². The Morgan fingerprint density at radius 2 is 2.04 bits per heavy atom. The van der Waals surface area contributed by atoms with E-state index in [1.165, 1.54) is 0 Å². The molecule has 1 saturated heterocycles. The van der Waals surface area contributed by atoms with Gasteiger partial charge in [0, 0.05) is 12.8 Å². The maximum Gasteiger partial charge on any atom is 0.258 e. The SMILES string of the molecule is Cc1ccc(OCC(=O)N[C@H]2CCOC[C@H]2Nc2ccnc(C)n2)cc1. The van der Waals surface area contributed by atoms with Crippen LogP contribution in [0.25, 0.3) is 0 Å². The second kappa shape index (κ2) is 8.62. The molecule has 2 aromatic rings. The number of anilines is 1. The van der Waals surface area contributed by atoms with Gasteiger partial charge in [0.15, 0.2) is 6.61 Å². The number of carbonyl (C=O) groups excluding carboxylic acids is 1. The maximum absolute atomic E-state index is 12.3. The average molecular weight is 356 g/mol. The Morgan fingerprint density at radius 1 is 1.23 bits per heavy atom. The van der Waals surface area contributed by atoms with E-state index < -0.39 is 0 Å².